The summed E-state index contributed by atoms with van der Waals surface area (Å²) >= 11 is 0. The van der Waals surface area contributed by atoms with E-state index in [9.17, 15) is 19.2 Å². The Labute approximate surface area is 144 Å². The van der Waals surface area contributed by atoms with Crippen LogP contribution in [0.15, 0.2) is 34.0 Å². The lowest BCUT2D eigenvalue weighted by Crippen LogP contribution is -2.33. The second-order valence-corrected chi connectivity index (χ2v) is 5.99. The number of rotatable bonds is 5. The molecule has 0 amide bonds. The Bertz CT molecular complexity index is 939. The van der Waals surface area contributed by atoms with E-state index in [-0.39, 0.29) is 12.3 Å². The van der Waals surface area contributed by atoms with E-state index in [2.05, 4.69) is 0 Å². The van der Waals surface area contributed by atoms with Crippen molar-refractivity contribution in [3.8, 4) is 0 Å². The number of carbonyl (C=O) groups excluding carboxylic acids is 2. The molecule has 7 heteroatoms. The average Bonchev–Trinajstić information content (AvgIpc) is 2.53. The Hall–Kier alpha value is -2.96. The number of hydrogen-bond donors (Lipinski definition) is 1. The molecule has 2 aromatic rings. The maximum Gasteiger partial charge on any atom is 0.328 e. The minimum absolute atomic E-state index is 0.303. The SMILES string of the molecule is Cc1cc(C)c(C(=O)[C@@H](C)OC(=O)Cn2ccc(=O)[nH]c2=O)cc1C. The van der Waals surface area contributed by atoms with Crippen molar-refractivity contribution in [2.75, 3.05) is 0 Å². The number of benzene rings is 1. The number of esters is 1. The van der Waals surface area contributed by atoms with Gasteiger partial charge in [-0.3, -0.25) is 23.9 Å². The van der Waals surface area contributed by atoms with Crippen molar-refractivity contribution in [1.29, 1.82) is 0 Å². The molecule has 0 aliphatic heterocycles. The highest BCUT2D eigenvalue weighted by Crippen LogP contribution is 2.18. The molecule has 132 valence electrons. The fourth-order valence-electron chi connectivity index (χ4n) is 2.44. The summed E-state index contributed by atoms with van der Waals surface area (Å²) in [6.07, 6.45) is 0.217. The summed E-state index contributed by atoms with van der Waals surface area (Å²) in [6, 6.07) is 4.82. The number of carbonyl (C=O) groups is 2. The normalized spacial score (nSPS) is 11.8. The van der Waals surface area contributed by atoms with E-state index in [1.165, 1.54) is 13.1 Å². The first-order valence-electron chi connectivity index (χ1n) is 7.80. The van der Waals surface area contributed by atoms with Gasteiger partial charge in [-0.05, 0) is 50.5 Å². The van der Waals surface area contributed by atoms with Crippen molar-refractivity contribution in [2.45, 2.75) is 40.3 Å². The second kappa shape index (κ2) is 7.29. The van der Waals surface area contributed by atoms with Crippen LogP contribution in [0.5, 0.6) is 0 Å². The maximum atomic E-state index is 12.5. The number of nitrogens with one attached hydrogen (secondary N) is 1. The van der Waals surface area contributed by atoms with Gasteiger partial charge in [-0.2, -0.15) is 0 Å². The van der Waals surface area contributed by atoms with Gasteiger partial charge in [0.15, 0.2) is 6.10 Å². The van der Waals surface area contributed by atoms with Crippen molar-refractivity contribution in [1.82, 2.24) is 9.55 Å². The van der Waals surface area contributed by atoms with Crippen LogP contribution in [0.4, 0.5) is 0 Å². The molecule has 7 nitrogen and oxygen atoms in total. The van der Waals surface area contributed by atoms with Gasteiger partial charge in [0.1, 0.15) is 6.54 Å². The summed E-state index contributed by atoms with van der Waals surface area (Å²) in [6.45, 7) is 6.80. The predicted molar refractivity (Wildman–Crippen MR) is 91.9 cm³/mol. The molecule has 0 radical (unpaired) electrons. The Morgan fingerprint density at radius 3 is 2.40 bits per heavy atom. The fraction of sp³-hybridized carbons (Fsp3) is 0.333. The number of ketones is 1. The van der Waals surface area contributed by atoms with Crippen molar-refractivity contribution >= 4 is 11.8 Å². The van der Waals surface area contributed by atoms with Crippen molar-refractivity contribution in [3.63, 3.8) is 0 Å². The van der Waals surface area contributed by atoms with Gasteiger partial charge in [-0.1, -0.05) is 6.07 Å². The largest absolute Gasteiger partial charge is 0.453 e. The van der Waals surface area contributed by atoms with Crippen LogP contribution in [0.2, 0.25) is 0 Å². The molecule has 0 saturated carbocycles. The number of H-pyrrole nitrogens is 1. The minimum Gasteiger partial charge on any atom is -0.453 e. The van der Waals surface area contributed by atoms with Gasteiger partial charge in [0.25, 0.3) is 5.56 Å². The van der Waals surface area contributed by atoms with Crippen molar-refractivity contribution in [3.05, 3.63) is 67.5 Å². The zero-order valence-electron chi connectivity index (χ0n) is 14.6. The van der Waals surface area contributed by atoms with Crippen LogP contribution < -0.4 is 11.2 Å². The Balaban J connectivity index is 2.10. The molecule has 1 aromatic carbocycles. The molecular weight excluding hydrogens is 324 g/mol. The maximum absolute atomic E-state index is 12.5. The third-order valence-corrected chi connectivity index (χ3v) is 3.98. The van der Waals surface area contributed by atoms with Gasteiger partial charge in [0, 0.05) is 17.8 Å². The zero-order chi connectivity index (χ0) is 18.7. The van der Waals surface area contributed by atoms with Crippen LogP contribution in [0.1, 0.15) is 34.0 Å². The van der Waals surface area contributed by atoms with Gasteiger partial charge in [0.05, 0.1) is 0 Å². The number of hydrogen-bond acceptors (Lipinski definition) is 5. The molecular formula is C18H20N2O5. The average molecular weight is 344 g/mol. The number of ether oxygens (including phenoxy) is 1. The van der Waals surface area contributed by atoms with E-state index in [1.807, 2.05) is 31.8 Å². The van der Waals surface area contributed by atoms with Gasteiger partial charge in [0.2, 0.25) is 5.78 Å². The summed E-state index contributed by atoms with van der Waals surface area (Å²) in [7, 11) is 0. The fourth-order valence-corrected chi connectivity index (χ4v) is 2.44. The molecule has 0 unspecified atom stereocenters. The third-order valence-electron chi connectivity index (χ3n) is 3.98. The van der Waals surface area contributed by atoms with E-state index >= 15 is 0 Å². The van der Waals surface area contributed by atoms with Gasteiger partial charge < -0.3 is 4.74 Å². The van der Waals surface area contributed by atoms with Crippen LogP contribution in [-0.4, -0.2) is 27.4 Å². The molecule has 0 saturated heterocycles. The van der Waals surface area contributed by atoms with E-state index in [1.54, 1.807) is 6.07 Å². The second-order valence-electron chi connectivity index (χ2n) is 5.99. The Kier molecular flexibility index (Phi) is 5.36. The number of Topliss-reactive ketones (excluding diaryl/α,β-unsaturated/α-hetero) is 1. The van der Waals surface area contributed by atoms with E-state index in [0.29, 0.717) is 5.56 Å². The number of nitrogens with zero attached hydrogens (tertiary/aromatic N) is 1. The van der Waals surface area contributed by atoms with Gasteiger partial charge in [-0.25, -0.2) is 4.79 Å². The molecule has 0 aliphatic rings. The molecule has 2 rings (SSSR count). The lowest BCUT2D eigenvalue weighted by Gasteiger charge is -2.15. The Morgan fingerprint density at radius 1 is 1.12 bits per heavy atom. The number of aromatic amines is 1. The minimum atomic E-state index is -0.980. The molecule has 1 aromatic heterocycles. The standard InChI is InChI=1S/C18H20N2O5/c1-10-7-12(3)14(8-11(10)2)17(23)13(4)25-16(22)9-20-6-5-15(21)19-18(20)24/h5-8,13H,9H2,1-4H3,(H,19,21,24)/t13-/m1/s1. The number of aryl methyl sites for hydroxylation is 3. The topological polar surface area (TPSA) is 98.2 Å². The van der Waals surface area contributed by atoms with Crippen LogP contribution in [0, 0.1) is 20.8 Å². The molecule has 25 heavy (non-hydrogen) atoms. The lowest BCUT2D eigenvalue weighted by atomic mass is 9.96. The van der Waals surface area contributed by atoms with Crippen molar-refractivity contribution < 1.29 is 14.3 Å². The number of aromatic nitrogens is 2. The summed E-state index contributed by atoms with van der Waals surface area (Å²) in [4.78, 5) is 49.1. The third kappa shape index (κ3) is 4.32. The highest BCUT2D eigenvalue weighted by molar-refractivity contribution is 6.01. The van der Waals surface area contributed by atoms with Crippen LogP contribution in [-0.2, 0) is 16.1 Å². The lowest BCUT2D eigenvalue weighted by molar-refractivity contribution is -0.147. The van der Waals surface area contributed by atoms with Crippen LogP contribution >= 0.6 is 0 Å². The molecule has 1 N–H and O–H groups in total. The highest BCUT2D eigenvalue weighted by atomic mass is 16.5. The summed E-state index contributed by atoms with van der Waals surface area (Å²) in [5, 5.41) is 0. The van der Waals surface area contributed by atoms with E-state index in [0.717, 1.165) is 27.3 Å². The highest BCUT2D eigenvalue weighted by Gasteiger charge is 2.22. The van der Waals surface area contributed by atoms with Crippen LogP contribution in [0.3, 0.4) is 0 Å². The summed E-state index contributed by atoms with van der Waals surface area (Å²) in [5.74, 6) is -1.04. The van der Waals surface area contributed by atoms with E-state index in [4.69, 9.17) is 4.74 Å². The first kappa shape index (κ1) is 18.4. The molecule has 1 atom stereocenters. The summed E-state index contributed by atoms with van der Waals surface area (Å²) in [5.41, 5.74) is 2.11. The zero-order valence-corrected chi connectivity index (χ0v) is 14.6. The molecule has 0 spiro atoms. The predicted octanol–water partition coefficient (Wildman–Crippen LogP) is 1.28. The quantitative estimate of drug-likeness (QED) is 0.651. The molecule has 0 aliphatic carbocycles. The van der Waals surface area contributed by atoms with Crippen LogP contribution in [0.25, 0.3) is 0 Å². The monoisotopic (exact) mass is 344 g/mol. The smallest absolute Gasteiger partial charge is 0.328 e. The Morgan fingerprint density at radius 2 is 1.76 bits per heavy atom. The van der Waals surface area contributed by atoms with E-state index < -0.39 is 23.3 Å². The first-order valence-corrected chi connectivity index (χ1v) is 7.80. The molecule has 0 fully saturated rings. The van der Waals surface area contributed by atoms with Gasteiger partial charge >= 0.3 is 11.7 Å². The first-order chi connectivity index (χ1) is 11.7. The van der Waals surface area contributed by atoms with Crippen molar-refractivity contribution in [2.24, 2.45) is 0 Å². The summed E-state index contributed by atoms with van der Waals surface area (Å²) < 4.78 is 6.14. The molecule has 1 heterocycles. The molecule has 0 bridgehead atoms. The van der Waals surface area contributed by atoms with Gasteiger partial charge in [-0.15, -0.1) is 0 Å².